The van der Waals surface area contributed by atoms with Crippen LogP contribution < -0.4 is 4.74 Å². The van der Waals surface area contributed by atoms with Gasteiger partial charge in [-0.3, -0.25) is 10.2 Å². The number of hydrazone groups is 1. The van der Waals surface area contributed by atoms with Crippen molar-refractivity contribution in [3.63, 3.8) is 0 Å². The number of carbonyl (C=O) groups is 1. The predicted molar refractivity (Wildman–Crippen MR) is 122 cm³/mol. The van der Waals surface area contributed by atoms with E-state index in [0.29, 0.717) is 5.17 Å². The van der Waals surface area contributed by atoms with Crippen molar-refractivity contribution >= 4 is 39.8 Å². The van der Waals surface area contributed by atoms with Gasteiger partial charge in [-0.25, -0.2) is 0 Å². The van der Waals surface area contributed by atoms with Gasteiger partial charge in [0, 0.05) is 23.1 Å². The number of nitrogens with zero attached hydrogens (tertiary/aromatic N) is 4. The second-order valence-corrected chi connectivity index (χ2v) is 8.17. The highest BCUT2D eigenvalue weighted by molar-refractivity contribution is 8.26. The number of thioether (sulfide) groups is 1. The van der Waals surface area contributed by atoms with Crippen molar-refractivity contribution in [3.05, 3.63) is 52.9 Å². The number of hydrogen-bond donors (Lipinski definition) is 1. The molecule has 0 atom stereocenters. The van der Waals surface area contributed by atoms with Gasteiger partial charge in [-0.15, -0.1) is 0 Å². The Morgan fingerprint density at radius 2 is 2.07 bits per heavy atom. The molecule has 0 radical (unpaired) electrons. The van der Waals surface area contributed by atoms with Crippen molar-refractivity contribution in [1.29, 1.82) is 5.41 Å². The zero-order valence-corrected chi connectivity index (χ0v) is 18.2. The minimum atomic E-state index is -0.405. The smallest absolute Gasteiger partial charge is 0.283 e. The Balaban J connectivity index is 1.72. The first-order valence-corrected chi connectivity index (χ1v) is 10.6. The third-order valence-electron chi connectivity index (χ3n) is 5.04. The molecular weight excluding hydrogens is 398 g/mol. The third kappa shape index (κ3) is 3.47. The Morgan fingerprint density at radius 3 is 2.80 bits per heavy atom. The number of fused-ring (bicyclic) bond motifs is 1. The van der Waals surface area contributed by atoms with E-state index in [1.165, 1.54) is 16.8 Å². The molecule has 2 aromatic rings. The SMILES string of the molecule is CCCC1=NN2C(=N)/C(=C/c3cc(C)n(-c4cccc(OC)c4)c3C)C(=O)N=C2S1. The minimum absolute atomic E-state index is 0.0646. The number of hydrogen-bond acceptors (Lipinski definition) is 5. The van der Waals surface area contributed by atoms with E-state index < -0.39 is 5.91 Å². The fourth-order valence-corrected chi connectivity index (χ4v) is 4.57. The molecule has 0 unspecified atom stereocenters. The number of aromatic nitrogens is 1. The molecular formula is C22H23N5O2S. The van der Waals surface area contributed by atoms with Crippen molar-refractivity contribution in [2.75, 3.05) is 7.11 Å². The summed E-state index contributed by atoms with van der Waals surface area (Å²) in [4.78, 5) is 16.8. The van der Waals surface area contributed by atoms with Crippen molar-refractivity contribution in [3.8, 4) is 11.4 Å². The van der Waals surface area contributed by atoms with Gasteiger partial charge in [0.05, 0.1) is 12.7 Å². The number of amidine groups is 2. The molecule has 1 amide bonds. The van der Waals surface area contributed by atoms with Gasteiger partial charge in [-0.1, -0.05) is 13.0 Å². The van der Waals surface area contributed by atoms with Crippen molar-refractivity contribution in [2.45, 2.75) is 33.6 Å². The Morgan fingerprint density at radius 1 is 1.27 bits per heavy atom. The molecule has 0 aliphatic carbocycles. The molecule has 0 fully saturated rings. The molecule has 4 rings (SSSR count). The van der Waals surface area contributed by atoms with E-state index >= 15 is 0 Å². The molecule has 0 spiro atoms. The van der Waals surface area contributed by atoms with Gasteiger partial charge in [-0.2, -0.15) is 15.1 Å². The summed E-state index contributed by atoms with van der Waals surface area (Å²) in [6.45, 7) is 6.08. The molecule has 7 nitrogen and oxygen atoms in total. The lowest BCUT2D eigenvalue weighted by atomic mass is 10.1. The highest BCUT2D eigenvalue weighted by atomic mass is 32.2. The lowest BCUT2D eigenvalue weighted by molar-refractivity contribution is -0.114. The Labute approximate surface area is 179 Å². The number of benzene rings is 1. The molecule has 1 aromatic heterocycles. The number of amides is 1. The summed E-state index contributed by atoms with van der Waals surface area (Å²) >= 11 is 1.37. The number of carbonyl (C=O) groups excluding carboxylic acids is 1. The van der Waals surface area contributed by atoms with Gasteiger partial charge in [0.1, 0.15) is 10.8 Å². The summed E-state index contributed by atoms with van der Waals surface area (Å²) in [6.07, 6.45) is 3.50. The summed E-state index contributed by atoms with van der Waals surface area (Å²) < 4.78 is 7.45. The van der Waals surface area contributed by atoms with Gasteiger partial charge >= 0.3 is 0 Å². The largest absolute Gasteiger partial charge is 0.497 e. The molecule has 2 aliphatic heterocycles. The number of aliphatic imine (C=N–C) groups is 1. The quantitative estimate of drug-likeness (QED) is 0.720. The van der Waals surface area contributed by atoms with E-state index in [9.17, 15) is 4.79 Å². The molecule has 1 aromatic carbocycles. The van der Waals surface area contributed by atoms with Gasteiger partial charge in [0.15, 0.2) is 5.84 Å². The lowest BCUT2D eigenvalue weighted by Gasteiger charge is -2.20. The zero-order chi connectivity index (χ0) is 21.4. The van der Waals surface area contributed by atoms with E-state index in [1.807, 2.05) is 44.2 Å². The number of ether oxygens (including phenoxy) is 1. The fourth-order valence-electron chi connectivity index (χ4n) is 3.58. The van der Waals surface area contributed by atoms with Crippen LogP contribution in [0, 0.1) is 19.3 Å². The van der Waals surface area contributed by atoms with E-state index in [4.69, 9.17) is 10.1 Å². The standard InChI is InChI=1S/C22H23N5O2S/c1-5-7-19-25-27-20(23)18(21(28)24-22(27)30-19)11-15-10-13(2)26(14(15)3)16-8-6-9-17(12-16)29-4/h6,8-12,23H,5,7H2,1-4H3/b18-11-,23-20?. The monoisotopic (exact) mass is 421 g/mol. The Kier molecular flexibility index (Phi) is 5.34. The highest BCUT2D eigenvalue weighted by Crippen LogP contribution is 2.31. The van der Waals surface area contributed by atoms with Crippen LogP contribution in [0.3, 0.4) is 0 Å². The molecule has 1 N–H and O–H groups in total. The normalized spacial score (nSPS) is 17.3. The van der Waals surface area contributed by atoms with Gasteiger partial charge in [0.2, 0.25) is 5.17 Å². The maximum Gasteiger partial charge on any atom is 0.283 e. The average molecular weight is 422 g/mol. The van der Waals surface area contributed by atoms with Crippen molar-refractivity contribution in [2.24, 2.45) is 10.1 Å². The van der Waals surface area contributed by atoms with E-state index in [2.05, 4.69) is 21.6 Å². The topological polar surface area (TPSA) is 83.0 Å². The minimum Gasteiger partial charge on any atom is -0.497 e. The summed E-state index contributed by atoms with van der Waals surface area (Å²) in [5, 5.41) is 15.8. The highest BCUT2D eigenvalue weighted by Gasteiger charge is 2.35. The van der Waals surface area contributed by atoms with Crippen LogP contribution in [0.25, 0.3) is 11.8 Å². The molecule has 154 valence electrons. The van der Waals surface area contributed by atoms with Crippen LogP contribution in [0.4, 0.5) is 0 Å². The van der Waals surface area contributed by atoms with Gasteiger partial charge in [0.25, 0.3) is 5.91 Å². The van der Waals surface area contributed by atoms with Crippen molar-refractivity contribution < 1.29 is 9.53 Å². The lowest BCUT2D eigenvalue weighted by Crippen LogP contribution is -2.35. The molecule has 2 aliphatic rings. The van der Waals surface area contributed by atoms with Crippen LogP contribution in [0.5, 0.6) is 5.75 Å². The Bertz CT molecular complexity index is 1140. The first kappa shape index (κ1) is 20.2. The number of rotatable bonds is 5. The van der Waals surface area contributed by atoms with Crippen LogP contribution in [0.1, 0.15) is 36.7 Å². The summed E-state index contributed by atoms with van der Waals surface area (Å²) in [5.74, 6) is 0.436. The fraction of sp³-hybridized carbons (Fsp3) is 0.273. The number of aryl methyl sites for hydroxylation is 1. The van der Waals surface area contributed by atoms with Crippen LogP contribution in [0.15, 0.2) is 46.0 Å². The second kappa shape index (κ2) is 7.95. The molecule has 0 saturated heterocycles. The summed E-state index contributed by atoms with van der Waals surface area (Å²) in [5.41, 5.74) is 4.07. The van der Waals surface area contributed by atoms with Crippen LogP contribution in [0.2, 0.25) is 0 Å². The summed E-state index contributed by atoms with van der Waals surface area (Å²) in [6, 6.07) is 9.83. The maximum atomic E-state index is 12.7. The van der Waals surface area contributed by atoms with E-state index in [0.717, 1.165) is 46.3 Å². The number of nitrogens with one attached hydrogen (secondary N) is 1. The number of methoxy groups -OCH3 is 1. The second-order valence-electron chi connectivity index (χ2n) is 7.13. The molecule has 3 heterocycles. The van der Waals surface area contributed by atoms with Crippen LogP contribution in [-0.4, -0.2) is 38.6 Å². The van der Waals surface area contributed by atoms with Crippen LogP contribution >= 0.6 is 11.8 Å². The average Bonchev–Trinajstić information content (AvgIpc) is 3.25. The summed E-state index contributed by atoms with van der Waals surface area (Å²) in [7, 11) is 1.64. The maximum absolute atomic E-state index is 12.7. The van der Waals surface area contributed by atoms with Gasteiger partial charge < -0.3 is 9.30 Å². The molecule has 0 saturated carbocycles. The zero-order valence-electron chi connectivity index (χ0n) is 17.4. The Hall–Kier alpha value is -3.13. The van der Waals surface area contributed by atoms with Crippen molar-refractivity contribution in [1.82, 2.24) is 9.58 Å². The molecule has 30 heavy (non-hydrogen) atoms. The van der Waals surface area contributed by atoms with Gasteiger partial charge in [-0.05, 0) is 68.3 Å². The van der Waals surface area contributed by atoms with E-state index in [1.54, 1.807) is 13.2 Å². The van der Waals surface area contributed by atoms with E-state index in [-0.39, 0.29) is 11.4 Å². The predicted octanol–water partition coefficient (Wildman–Crippen LogP) is 4.52. The first-order chi connectivity index (χ1) is 14.4. The third-order valence-corrected chi connectivity index (χ3v) is 6.01. The molecule has 0 bridgehead atoms. The molecule has 8 heteroatoms. The van der Waals surface area contributed by atoms with Crippen LogP contribution in [-0.2, 0) is 4.79 Å². The first-order valence-electron chi connectivity index (χ1n) is 9.75.